The molecule has 3 aromatic carbocycles. The maximum atomic E-state index is 13.9. The summed E-state index contributed by atoms with van der Waals surface area (Å²) in [5.41, 5.74) is 2.41. The van der Waals surface area contributed by atoms with E-state index in [4.69, 9.17) is 4.74 Å². The van der Waals surface area contributed by atoms with Crippen LogP contribution in [0.3, 0.4) is 0 Å². The van der Waals surface area contributed by atoms with Crippen molar-refractivity contribution in [3.63, 3.8) is 0 Å². The summed E-state index contributed by atoms with van der Waals surface area (Å²) in [6.45, 7) is 3.25. The number of fused-ring (bicyclic) bond motifs is 1. The lowest BCUT2D eigenvalue weighted by molar-refractivity contribution is -0.119. The summed E-state index contributed by atoms with van der Waals surface area (Å²) >= 11 is 0. The maximum Gasteiger partial charge on any atom is 0.278 e. The largest absolute Gasteiger partial charge is 0.497 e. The van der Waals surface area contributed by atoms with Gasteiger partial charge in [0.05, 0.1) is 23.8 Å². The average molecular weight is 471 g/mol. The van der Waals surface area contributed by atoms with Crippen LogP contribution in [0.5, 0.6) is 5.75 Å². The van der Waals surface area contributed by atoms with Crippen molar-refractivity contribution in [1.82, 2.24) is 9.55 Å². The number of hydrogen-bond donors (Lipinski definition) is 2. The van der Waals surface area contributed by atoms with Crippen LogP contribution in [0.4, 0.5) is 11.4 Å². The molecule has 1 aromatic heterocycles. The van der Waals surface area contributed by atoms with Crippen LogP contribution in [-0.4, -0.2) is 28.5 Å². The molecule has 8 nitrogen and oxygen atoms in total. The zero-order chi connectivity index (χ0) is 24.9. The van der Waals surface area contributed by atoms with Gasteiger partial charge in [-0.1, -0.05) is 37.3 Å². The molecule has 2 amide bonds. The van der Waals surface area contributed by atoms with Crippen LogP contribution in [0.25, 0.3) is 22.3 Å². The lowest BCUT2D eigenvalue weighted by Gasteiger charge is -2.21. The van der Waals surface area contributed by atoms with Crippen LogP contribution in [-0.2, 0) is 9.59 Å². The highest BCUT2D eigenvalue weighted by molar-refractivity contribution is 5.96. The predicted octanol–water partition coefficient (Wildman–Crippen LogP) is 4.62. The van der Waals surface area contributed by atoms with E-state index in [0.717, 1.165) is 0 Å². The third-order valence-electron chi connectivity index (χ3n) is 5.65. The number of hydrogen-bond acceptors (Lipinski definition) is 5. The molecule has 4 aromatic rings. The minimum atomic E-state index is -0.788. The van der Waals surface area contributed by atoms with Crippen LogP contribution in [0, 0.1) is 0 Å². The number of nitrogens with zero attached hydrogens (tertiary/aromatic N) is 2. The van der Waals surface area contributed by atoms with Crippen LogP contribution >= 0.6 is 0 Å². The Morgan fingerprint density at radius 3 is 2.34 bits per heavy atom. The summed E-state index contributed by atoms with van der Waals surface area (Å²) in [6.07, 6.45) is 0.378. The first-order chi connectivity index (χ1) is 16.9. The SMILES string of the molecule is CC[C@H](C(=O)Nc1ccc(OC)cc1)n1c(=O)c(-c2ccccc2NC(C)=O)nc2ccccc21. The normalized spacial score (nSPS) is 11.6. The Hall–Kier alpha value is -4.46. The molecule has 8 heteroatoms. The molecule has 0 radical (unpaired) electrons. The number of ether oxygens (including phenoxy) is 1. The number of methoxy groups -OCH3 is 1. The van der Waals surface area contributed by atoms with E-state index in [-0.39, 0.29) is 17.5 Å². The molecule has 0 fully saturated rings. The second-order valence-corrected chi connectivity index (χ2v) is 7.99. The molecule has 0 aliphatic heterocycles. The summed E-state index contributed by atoms with van der Waals surface area (Å²) in [4.78, 5) is 43.6. The minimum absolute atomic E-state index is 0.156. The van der Waals surface area contributed by atoms with E-state index in [1.165, 1.54) is 11.5 Å². The fourth-order valence-electron chi connectivity index (χ4n) is 4.01. The number of carbonyl (C=O) groups is 2. The lowest BCUT2D eigenvalue weighted by atomic mass is 10.1. The number of nitrogens with one attached hydrogen (secondary N) is 2. The van der Waals surface area contributed by atoms with Crippen molar-refractivity contribution < 1.29 is 14.3 Å². The highest BCUT2D eigenvalue weighted by Gasteiger charge is 2.25. The van der Waals surface area contributed by atoms with Crippen molar-refractivity contribution in [3.8, 4) is 17.0 Å². The van der Waals surface area contributed by atoms with Gasteiger partial charge >= 0.3 is 0 Å². The van der Waals surface area contributed by atoms with E-state index < -0.39 is 11.6 Å². The van der Waals surface area contributed by atoms with Crippen LogP contribution in [0.2, 0.25) is 0 Å². The number of benzene rings is 3. The number of aromatic nitrogens is 2. The fraction of sp³-hybridized carbons (Fsp3) is 0.185. The van der Waals surface area contributed by atoms with Crippen molar-refractivity contribution in [1.29, 1.82) is 0 Å². The van der Waals surface area contributed by atoms with Crippen molar-refractivity contribution >= 4 is 34.2 Å². The fourth-order valence-corrected chi connectivity index (χ4v) is 4.01. The van der Waals surface area contributed by atoms with Gasteiger partial charge in [-0.25, -0.2) is 4.98 Å². The van der Waals surface area contributed by atoms with Gasteiger partial charge in [-0.15, -0.1) is 0 Å². The number of anilines is 2. The second-order valence-electron chi connectivity index (χ2n) is 7.99. The number of carbonyl (C=O) groups excluding carboxylic acids is 2. The quantitative estimate of drug-likeness (QED) is 0.410. The van der Waals surface area contributed by atoms with Crippen molar-refractivity contribution in [2.45, 2.75) is 26.3 Å². The Balaban J connectivity index is 1.85. The Morgan fingerprint density at radius 2 is 1.66 bits per heavy atom. The van der Waals surface area contributed by atoms with E-state index in [1.807, 2.05) is 13.0 Å². The second kappa shape index (κ2) is 10.2. The average Bonchev–Trinajstić information content (AvgIpc) is 2.86. The monoisotopic (exact) mass is 470 g/mol. The number of rotatable bonds is 7. The van der Waals surface area contributed by atoms with Crippen LogP contribution in [0.15, 0.2) is 77.6 Å². The Labute approximate surface area is 202 Å². The summed E-state index contributed by atoms with van der Waals surface area (Å²) in [5.74, 6) is 0.0925. The summed E-state index contributed by atoms with van der Waals surface area (Å²) in [7, 11) is 1.57. The maximum absolute atomic E-state index is 13.9. The van der Waals surface area contributed by atoms with Gasteiger partial charge in [0.1, 0.15) is 17.5 Å². The first-order valence-corrected chi connectivity index (χ1v) is 11.3. The smallest absolute Gasteiger partial charge is 0.278 e. The third kappa shape index (κ3) is 4.91. The Morgan fingerprint density at radius 1 is 0.971 bits per heavy atom. The molecule has 0 aliphatic rings. The highest BCUT2D eigenvalue weighted by Crippen LogP contribution is 2.27. The van der Waals surface area contributed by atoms with Crippen LogP contribution in [0.1, 0.15) is 26.3 Å². The molecule has 0 saturated heterocycles. The molecule has 1 heterocycles. The number of amides is 2. The molecule has 0 spiro atoms. The van der Waals surface area contributed by atoms with Crippen molar-refractivity contribution in [2.75, 3.05) is 17.7 Å². The minimum Gasteiger partial charge on any atom is -0.497 e. The van der Waals surface area contributed by atoms with Crippen molar-refractivity contribution in [3.05, 3.63) is 83.2 Å². The molecule has 0 unspecified atom stereocenters. The molecule has 4 rings (SSSR count). The zero-order valence-electron chi connectivity index (χ0n) is 19.7. The van der Waals surface area contributed by atoms with Gasteiger partial charge in [-0.3, -0.25) is 19.0 Å². The molecule has 178 valence electrons. The molecule has 35 heavy (non-hydrogen) atoms. The molecular weight excluding hydrogens is 444 g/mol. The van der Waals surface area contributed by atoms with E-state index in [9.17, 15) is 14.4 Å². The molecular formula is C27H26N4O4. The van der Waals surface area contributed by atoms with Crippen molar-refractivity contribution in [2.24, 2.45) is 0 Å². The third-order valence-corrected chi connectivity index (χ3v) is 5.65. The van der Waals surface area contributed by atoms with Gasteiger partial charge in [-0.2, -0.15) is 0 Å². The van der Waals surface area contributed by atoms with Gasteiger partial charge < -0.3 is 15.4 Å². The molecule has 0 saturated carbocycles. The first kappa shape index (κ1) is 23.7. The van der Waals surface area contributed by atoms with Gasteiger partial charge in [0.2, 0.25) is 11.8 Å². The topological polar surface area (TPSA) is 102 Å². The summed E-state index contributed by atoms with van der Waals surface area (Å²) in [6, 6.07) is 20.4. The Bertz CT molecular complexity index is 1440. The number of para-hydroxylation sites is 3. The summed E-state index contributed by atoms with van der Waals surface area (Å²) in [5, 5.41) is 5.66. The summed E-state index contributed by atoms with van der Waals surface area (Å²) < 4.78 is 6.66. The van der Waals surface area contributed by atoms with Crippen LogP contribution < -0.4 is 20.9 Å². The molecule has 0 aliphatic carbocycles. The molecule has 0 bridgehead atoms. The van der Waals surface area contributed by atoms with Gasteiger partial charge in [0, 0.05) is 18.2 Å². The molecule has 1 atom stereocenters. The standard InChI is InChI=1S/C27H26N4O4/c1-4-23(26(33)29-18-13-15-19(35-3)16-14-18)31-24-12-8-7-11-22(24)30-25(27(31)34)20-9-5-6-10-21(20)28-17(2)32/h5-16,23H,4H2,1-3H3,(H,28,32)(H,29,33)/t23-/m1/s1. The van der Waals surface area contributed by atoms with E-state index in [1.54, 1.807) is 73.8 Å². The predicted molar refractivity (Wildman–Crippen MR) is 137 cm³/mol. The van der Waals surface area contributed by atoms with Gasteiger partial charge in [0.25, 0.3) is 5.56 Å². The van der Waals surface area contributed by atoms with E-state index >= 15 is 0 Å². The zero-order valence-corrected chi connectivity index (χ0v) is 19.7. The van der Waals surface area contributed by atoms with Gasteiger partial charge in [-0.05, 0) is 48.9 Å². The first-order valence-electron chi connectivity index (χ1n) is 11.3. The molecule has 2 N–H and O–H groups in total. The van der Waals surface area contributed by atoms with E-state index in [0.29, 0.717) is 40.1 Å². The lowest BCUT2D eigenvalue weighted by Crippen LogP contribution is -2.34. The highest BCUT2D eigenvalue weighted by atomic mass is 16.5. The van der Waals surface area contributed by atoms with E-state index in [2.05, 4.69) is 15.6 Å². The van der Waals surface area contributed by atoms with Gasteiger partial charge in [0.15, 0.2) is 0 Å². The Kier molecular flexibility index (Phi) is 6.91.